The summed E-state index contributed by atoms with van der Waals surface area (Å²) in [6, 6.07) is 23.7. The number of carboxylic acid groups (broad SMARTS) is 3. The largest absolute Gasteiger partial charge is 0.481 e. The maximum atomic E-state index is 13.2. The Hall–Kier alpha value is -8.20. The number of thiophene rings is 2. The topological polar surface area (TPSA) is 249 Å². The molecule has 4 N–H and O–H groups in total. The van der Waals surface area contributed by atoms with Gasteiger partial charge in [0.2, 0.25) is 5.91 Å². The fourth-order valence-corrected chi connectivity index (χ4v) is 12.3. The summed E-state index contributed by atoms with van der Waals surface area (Å²) >= 11 is 5.88. The average molecular weight is 1500 g/mol. The number of amides is 1. The molecule has 0 saturated heterocycles. The summed E-state index contributed by atoms with van der Waals surface area (Å²) in [4.78, 5) is 94.9. The third kappa shape index (κ3) is 35.8. The highest BCUT2D eigenvalue weighted by atomic mass is 79.9. The van der Waals surface area contributed by atoms with Crippen LogP contribution in [0.4, 0.5) is 11.4 Å². The van der Waals surface area contributed by atoms with Crippen LogP contribution < -0.4 is 10.2 Å². The van der Waals surface area contributed by atoms with Crippen LogP contribution in [-0.2, 0) is 47.7 Å². The van der Waals surface area contributed by atoms with E-state index < -0.39 is 17.9 Å². The van der Waals surface area contributed by atoms with Crippen LogP contribution in [0.15, 0.2) is 169 Å². The summed E-state index contributed by atoms with van der Waals surface area (Å²) < 4.78 is 19.3. The molecule has 20 heteroatoms. The number of carboxylic acids is 3. The number of hydrogen-bond acceptors (Lipinski definition) is 15. The highest BCUT2D eigenvalue weighted by molar-refractivity contribution is 9.09. The Kier molecular flexibility index (Phi) is 45.1. The Labute approximate surface area is 617 Å². The molecule has 1 amide bonds. The van der Waals surface area contributed by atoms with Crippen molar-refractivity contribution < 1.29 is 72.6 Å². The molecular weight excluding hydrogens is 1380 g/mol. The van der Waals surface area contributed by atoms with E-state index in [4.69, 9.17) is 24.4 Å². The molecule has 5 atom stereocenters. The molecule has 4 aliphatic rings. The van der Waals surface area contributed by atoms with Crippen LogP contribution in [0.2, 0.25) is 0 Å². The molecule has 2 aromatic carbocycles. The van der Waals surface area contributed by atoms with Crippen molar-refractivity contribution >= 4 is 97.7 Å². The van der Waals surface area contributed by atoms with E-state index >= 15 is 0 Å². The van der Waals surface area contributed by atoms with Crippen molar-refractivity contribution in [2.24, 2.45) is 29.6 Å². The van der Waals surface area contributed by atoms with Crippen LogP contribution in [0, 0.1) is 29.6 Å². The molecule has 101 heavy (non-hydrogen) atoms. The van der Waals surface area contributed by atoms with Gasteiger partial charge in [0.05, 0.1) is 62.0 Å². The fourth-order valence-electron chi connectivity index (χ4n) is 10.3. The van der Waals surface area contributed by atoms with Crippen LogP contribution in [0.3, 0.4) is 0 Å². The summed E-state index contributed by atoms with van der Waals surface area (Å²) in [7, 11) is 1.41. The molecule has 0 fully saturated rings. The van der Waals surface area contributed by atoms with Crippen molar-refractivity contribution in [3.63, 3.8) is 0 Å². The molecule has 5 unspecified atom stereocenters. The van der Waals surface area contributed by atoms with Gasteiger partial charge in [-0.3, -0.25) is 28.8 Å². The zero-order valence-electron chi connectivity index (χ0n) is 62.0. The zero-order valence-corrected chi connectivity index (χ0v) is 65.2. The van der Waals surface area contributed by atoms with Gasteiger partial charge in [-0.15, -0.1) is 42.4 Å². The normalized spacial score (nSPS) is 16.0. The number of benzene rings is 2. The highest BCUT2D eigenvalue weighted by Crippen LogP contribution is 2.40. The number of nitrogens with zero attached hydrogens (tertiary/aromatic N) is 1. The average Bonchev–Trinajstić information content (AvgIpc) is 1.66. The third-order valence-corrected chi connectivity index (χ3v) is 18.6. The van der Waals surface area contributed by atoms with E-state index in [2.05, 4.69) is 71.4 Å². The smallest absolute Gasteiger partial charge is 0.350 e. The van der Waals surface area contributed by atoms with Gasteiger partial charge in [-0.2, -0.15) is 0 Å². The van der Waals surface area contributed by atoms with Gasteiger partial charge < -0.3 is 44.5 Å². The Morgan fingerprint density at radius 2 is 1.06 bits per heavy atom. The second-order valence-corrected chi connectivity index (χ2v) is 28.0. The first-order valence-corrected chi connectivity index (χ1v) is 37.0. The van der Waals surface area contributed by atoms with Gasteiger partial charge >= 0.3 is 41.8 Å². The van der Waals surface area contributed by atoms with E-state index in [-0.39, 0.29) is 76.3 Å². The molecule has 4 aliphatic carbocycles. The van der Waals surface area contributed by atoms with Crippen LogP contribution >= 0.6 is 38.6 Å². The molecule has 0 saturated carbocycles. The van der Waals surface area contributed by atoms with E-state index in [0.717, 1.165) is 88.8 Å². The predicted molar refractivity (Wildman–Crippen MR) is 416 cm³/mol. The number of carbonyl (C=O) groups is 8. The first kappa shape index (κ1) is 90.8. The summed E-state index contributed by atoms with van der Waals surface area (Å²) in [6.45, 7) is 41.2. The number of nitrogens with one attached hydrogen (secondary N) is 1. The Morgan fingerprint density at radius 3 is 1.41 bits per heavy atom. The lowest BCUT2D eigenvalue weighted by atomic mass is 9.98. The maximum absolute atomic E-state index is 13.2. The van der Waals surface area contributed by atoms with E-state index in [0.29, 0.717) is 56.1 Å². The molecule has 0 spiro atoms. The van der Waals surface area contributed by atoms with E-state index in [1.165, 1.54) is 57.6 Å². The number of hydrogen-bond donors (Lipinski definition) is 4. The van der Waals surface area contributed by atoms with Gasteiger partial charge in [-0.25, -0.2) is 9.59 Å². The minimum Gasteiger partial charge on any atom is -0.481 e. The van der Waals surface area contributed by atoms with Gasteiger partial charge in [0.1, 0.15) is 9.75 Å². The standard InChI is InChI=1S/C21H23NO3S.C15H17NO2S.C11H18O2.C9H14O2.2C7H10O2.C7H12O2.C4H7Br/c1-13(2)22(20(23)16-10-9-14(3)11-16)17-12-18(26-19(17)21(24)25)15-7-5-4-6-8-15;1-10(2)16-12-9-13(11-7-5-4-6-8-11)19-14(12)15(17)18-3;1-5-7-10(8-9(3)4)11(12)13-6-2;1-3-11-9(10)8-5-4-7(2)6-8;2*1-5-2-3-6(4-5)7(8)9;1-3-5-6-7(8)9-4-2;1-4(2)3-5/h4-9,12-13,16H,10-11H2,1-3H3,(H,24,25);4-10,16H,1-3H3;5,10H,1,3,6-8H2,2,4H3;4,8H,3,5-6H2,1-2H3;2*2,6H,3-4H2,1H3,(H,8,9);3H,1,4-6H2,2H3;1,3H2,2H3. The molecule has 554 valence electrons. The zero-order chi connectivity index (χ0) is 76.3. The predicted octanol–water partition coefficient (Wildman–Crippen LogP) is 20.2. The minimum absolute atomic E-state index is 0.00742. The monoisotopic (exact) mass is 1490 g/mol. The lowest BCUT2D eigenvalue weighted by molar-refractivity contribution is -0.148. The second kappa shape index (κ2) is 50.2. The molecule has 2 aromatic heterocycles. The van der Waals surface area contributed by atoms with Gasteiger partial charge in [0.25, 0.3) is 0 Å². The van der Waals surface area contributed by atoms with Crippen LogP contribution in [0.5, 0.6) is 0 Å². The van der Waals surface area contributed by atoms with Crippen molar-refractivity contribution in [3.8, 4) is 20.9 Å². The maximum Gasteiger partial charge on any atom is 0.350 e. The highest BCUT2D eigenvalue weighted by Gasteiger charge is 2.33. The molecule has 0 aliphatic heterocycles. The van der Waals surface area contributed by atoms with Crippen molar-refractivity contribution in [2.45, 2.75) is 179 Å². The quantitative estimate of drug-likeness (QED) is 0.0220. The van der Waals surface area contributed by atoms with E-state index in [1.807, 2.05) is 161 Å². The number of aliphatic carboxylic acids is 2. The molecule has 4 aromatic rings. The molecule has 0 radical (unpaired) electrons. The Morgan fingerprint density at radius 1 is 0.624 bits per heavy atom. The lowest BCUT2D eigenvalue weighted by Gasteiger charge is -2.29. The number of allylic oxidation sites excluding steroid dienone is 12. The van der Waals surface area contributed by atoms with Crippen LogP contribution in [-0.4, -0.2) is 107 Å². The number of rotatable bonds is 24. The summed E-state index contributed by atoms with van der Waals surface area (Å²) in [5.41, 5.74) is 10.5. The van der Waals surface area contributed by atoms with Crippen LogP contribution in [0.25, 0.3) is 20.9 Å². The SMILES string of the molecule is C=C(C)CBr.C=CCC(CC(=C)C)C(=O)OCC.C=CCCC(=O)OCC.CC1=CCC(C(=O)N(c2cc(-c3ccccc3)sc2C(=O)O)C(C)C)C1.CC1=CCC(C(=O)O)C1.CC1=CCC(C(=O)O)C1.CCOC(=O)C1CC=C(C)C1.COC(=O)c1sc(-c2ccccc2)cc1NC(C)C. The van der Waals surface area contributed by atoms with Crippen molar-refractivity contribution in [1.29, 1.82) is 0 Å². The van der Waals surface area contributed by atoms with Crippen molar-refractivity contribution in [2.75, 3.05) is 42.5 Å². The van der Waals surface area contributed by atoms with Gasteiger partial charge in [0.15, 0.2) is 0 Å². The summed E-state index contributed by atoms with van der Waals surface area (Å²) in [5.74, 6) is -3.30. The molecular formula is C81H111BrN2O15S2. The lowest BCUT2D eigenvalue weighted by Crippen LogP contribution is -2.41. The number of ether oxygens (including phenoxy) is 4. The summed E-state index contributed by atoms with van der Waals surface area (Å²) in [6.07, 6.45) is 20.3. The number of esters is 4. The number of aromatic carboxylic acids is 1. The number of alkyl halides is 1. The van der Waals surface area contributed by atoms with Gasteiger partial charge in [-0.05, 0) is 184 Å². The molecule has 8 rings (SSSR count). The fraction of sp³-hybridized carbons (Fsp3) is 0.457. The number of methoxy groups -OCH3 is 1. The van der Waals surface area contributed by atoms with Gasteiger partial charge in [-0.1, -0.05) is 153 Å². The number of halogens is 1. The minimum atomic E-state index is -0.994. The van der Waals surface area contributed by atoms with E-state index in [1.54, 1.807) is 24.0 Å². The Bertz CT molecular complexity index is 3410. The molecule has 2 heterocycles. The van der Waals surface area contributed by atoms with Crippen LogP contribution in [0.1, 0.15) is 186 Å². The number of carbonyl (C=O) groups excluding carboxylic acids is 5. The first-order chi connectivity index (χ1) is 47.8. The molecule has 17 nitrogen and oxygen atoms in total. The van der Waals surface area contributed by atoms with E-state index in [9.17, 15) is 43.5 Å². The number of anilines is 2. The van der Waals surface area contributed by atoms with Crippen molar-refractivity contribution in [3.05, 3.63) is 179 Å². The Balaban J connectivity index is 0.000000606. The molecule has 0 bridgehead atoms. The summed E-state index contributed by atoms with van der Waals surface area (Å²) in [5, 5.41) is 30.9. The van der Waals surface area contributed by atoms with Crippen molar-refractivity contribution in [1.82, 2.24) is 0 Å². The van der Waals surface area contributed by atoms with Gasteiger partial charge in [0, 0.05) is 39.5 Å². The second-order valence-electron chi connectivity index (χ2n) is 25.3. The first-order valence-electron chi connectivity index (χ1n) is 34.3. The third-order valence-electron chi connectivity index (χ3n) is 15.3.